The van der Waals surface area contributed by atoms with Crippen molar-refractivity contribution in [2.75, 3.05) is 11.6 Å². The topological polar surface area (TPSA) is 98.5 Å². The number of halogens is 1. The van der Waals surface area contributed by atoms with Gasteiger partial charge in [0.2, 0.25) is 0 Å². The quantitative estimate of drug-likeness (QED) is 0.328. The van der Waals surface area contributed by atoms with Gasteiger partial charge < -0.3 is 10.1 Å². The Morgan fingerprint density at radius 2 is 2.00 bits per heavy atom. The number of anilines is 1. The van der Waals surface area contributed by atoms with E-state index in [-0.39, 0.29) is 11.3 Å². The Morgan fingerprint density at radius 3 is 2.63 bits per heavy atom. The van der Waals surface area contributed by atoms with E-state index in [9.17, 15) is 19.7 Å². The summed E-state index contributed by atoms with van der Waals surface area (Å²) in [6.45, 7) is 3.17. The number of ether oxygens (including phenoxy) is 1. The van der Waals surface area contributed by atoms with Crippen molar-refractivity contribution in [3.63, 3.8) is 0 Å². The Hall–Kier alpha value is -2.58. The highest BCUT2D eigenvalue weighted by molar-refractivity contribution is 7.98. The second-order valence-corrected chi connectivity index (χ2v) is 6.85. The van der Waals surface area contributed by atoms with E-state index in [4.69, 9.17) is 16.3 Å². The highest BCUT2D eigenvalue weighted by Gasteiger charge is 2.22. The molecule has 0 spiro atoms. The number of nitro groups is 1. The number of esters is 1. The van der Waals surface area contributed by atoms with Crippen molar-refractivity contribution in [3.8, 4) is 0 Å². The fourth-order valence-corrected chi connectivity index (χ4v) is 2.94. The molecule has 1 atom stereocenters. The fourth-order valence-electron chi connectivity index (χ4n) is 2.22. The van der Waals surface area contributed by atoms with Crippen LogP contribution in [0.3, 0.4) is 0 Å². The van der Waals surface area contributed by atoms with Crippen molar-refractivity contribution in [1.29, 1.82) is 0 Å². The first kappa shape index (κ1) is 20.7. The maximum atomic E-state index is 12.3. The number of nitrogens with one attached hydrogen (secondary N) is 1. The highest BCUT2D eigenvalue weighted by atomic mass is 35.5. The first-order chi connectivity index (χ1) is 12.7. The molecule has 0 saturated carbocycles. The normalized spacial score (nSPS) is 11.6. The number of carbonyl (C=O) groups excluding carboxylic acids is 2. The van der Waals surface area contributed by atoms with Crippen LogP contribution in [-0.2, 0) is 9.53 Å². The molecule has 0 aliphatic carbocycles. The third-order valence-corrected chi connectivity index (χ3v) is 4.98. The van der Waals surface area contributed by atoms with Crippen LogP contribution >= 0.6 is 23.4 Å². The van der Waals surface area contributed by atoms with Crippen LogP contribution in [0.5, 0.6) is 0 Å². The third kappa shape index (κ3) is 4.99. The van der Waals surface area contributed by atoms with Crippen molar-refractivity contribution in [1.82, 2.24) is 0 Å². The standard InChI is InChI=1S/C18H17ClN2O5S/c1-10-13(19)5-4-6-14(10)20-17(22)11(2)26-18(23)12-7-8-16(27-3)15(9-12)21(24)25/h4-9,11H,1-3H3,(H,20,22)/t11-/m0/s1. The van der Waals surface area contributed by atoms with Gasteiger partial charge in [-0.2, -0.15) is 0 Å². The second kappa shape index (κ2) is 8.88. The molecule has 2 aromatic rings. The van der Waals surface area contributed by atoms with Crippen molar-refractivity contribution in [2.24, 2.45) is 0 Å². The van der Waals surface area contributed by atoms with Gasteiger partial charge in [-0.3, -0.25) is 14.9 Å². The molecule has 0 heterocycles. The van der Waals surface area contributed by atoms with E-state index in [2.05, 4.69) is 5.32 Å². The minimum absolute atomic E-state index is 0.00177. The average molecular weight is 409 g/mol. The van der Waals surface area contributed by atoms with Gasteiger partial charge in [0, 0.05) is 16.8 Å². The Bertz CT molecular complexity index is 903. The highest BCUT2D eigenvalue weighted by Crippen LogP contribution is 2.28. The van der Waals surface area contributed by atoms with Crippen LogP contribution in [0.2, 0.25) is 5.02 Å². The Kier molecular flexibility index (Phi) is 6.81. The number of hydrogen-bond acceptors (Lipinski definition) is 6. The molecule has 0 radical (unpaired) electrons. The van der Waals surface area contributed by atoms with Crippen LogP contribution in [-0.4, -0.2) is 29.2 Å². The molecule has 2 aromatic carbocycles. The van der Waals surface area contributed by atoms with Gasteiger partial charge in [0.1, 0.15) is 0 Å². The van der Waals surface area contributed by atoms with Gasteiger partial charge in [-0.25, -0.2) is 4.79 Å². The molecule has 9 heteroatoms. The number of hydrogen-bond donors (Lipinski definition) is 1. The summed E-state index contributed by atoms with van der Waals surface area (Å²) in [7, 11) is 0. The molecule has 0 unspecified atom stereocenters. The summed E-state index contributed by atoms with van der Waals surface area (Å²) in [5, 5.41) is 14.3. The van der Waals surface area contributed by atoms with Crippen LogP contribution in [0.1, 0.15) is 22.8 Å². The number of rotatable bonds is 6. The predicted octanol–water partition coefficient (Wildman–Crippen LogP) is 4.46. The molecule has 2 rings (SSSR count). The number of nitro benzene ring substituents is 1. The minimum Gasteiger partial charge on any atom is -0.449 e. The molecule has 142 valence electrons. The number of amides is 1. The molecular formula is C18H17ClN2O5S. The number of carbonyl (C=O) groups is 2. The van der Waals surface area contributed by atoms with Crippen molar-refractivity contribution in [3.05, 3.63) is 62.7 Å². The van der Waals surface area contributed by atoms with Crippen LogP contribution in [0.15, 0.2) is 41.3 Å². The zero-order chi connectivity index (χ0) is 20.1. The monoisotopic (exact) mass is 408 g/mol. The molecule has 0 aliphatic rings. The molecule has 0 fully saturated rings. The molecule has 0 bridgehead atoms. The van der Waals surface area contributed by atoms with Gasteiger partial charge in [-0.1, -0.05) is 17.7 Å². The SMILES string of the molecule is CSc1ccc(C(=O)O[C@@H](C)C(=O)Nc2cccc(Cl)c2C)cc1[N+](=O)[O-]. The molecule has 7 nitrogen and oxygen atoms in total. The zero-order valence-corrected chi connectivity index (χ0v) is 16.4. The molecule has 1 amide bonds. The van der Waals surface area contributed by atoms with E-state index in [0.29, 0.717) is 21.2 Å². The largest absolute Gasteiger partial charge is 0.449 e. The van der Waals surface area contributed by atoms with Crippen molar-refractivity contribution >= 4 is 46.6 Å². The van der Waals surface area contributed by atoms with Crippen LogP contribution < -0.4 is 5.32 Å². The molecule has 0 aliphatic heterocycles. The molecule has 0 saturated heterocycles. The summed E-state index contributed by atoms with van der Waals surface area (Å²) in [4.78, 5) is 35.5. The first-order valence-corrected chi connectivity index (χ1v) is 9.44. The van der Waals surface area contributed by atoms with Gasteiger partial charge in [0.05, 0.1) is 15.4 Å². The summed E-state index contributed by atoms with van der Waals surface area (Å²) in [5.41, 5.74) is 1.01. The van der Waals surface area contributed by atoms with Gasteiger partial charge in [-0.15, -0.1) is 11.8 Å². The van der Waals surface area contributed by atoms with E-state index in [1.807, 2.05) is 0 Å². The third-order valence-electron chi connectivity index (χ3n) is 3.79. The summed E-state index contributed by atoms with van der Waals surface area (Å²) >= 11 is 7.21. The number of thioether (sulfide) groups is 1. The lowest BCUT2D eigenvalue weighted by Crippen LogP contribution is -2.30. The van der Waals surface area contributed by atoms with Crippen LogP contribution in [0.4, 0.5) is 11.4 Å². The molecule has 0 aromatic heterocycles. The Morgan fingerprint density at radius 1 is 1.30 bits per heavy atom. The zero-order valence-electron chi connectivity index (χ0n) is 14.8. The lowest BCUT2D eigenvalue weighted by atomic mass is 10.2. The maximum Gasteiger partial charge on any atom is 0.339 e. The van der Waals surface area contributed by atoms with Gasteiger partial charge in [-0.05, 0) is 49.9 Å². The summed E-state index contributed by atoms with van der Waals surface area (Å²) in [6.07, 6.45) is 0.597. The minimum atomic E-state index is -1.10. The Labute approximate surface area is 165 Å². The lowest BCUT2D eigenvalue weighted by molar-refractivity contribution is -0.387. The summed E-state index contributed by atoms with van der Waals surface area (Å²) < 4.78 is 5.14. The average Bonchev–Trinajstić information content (AvgIpc) is 2.64. The van der Waals surface area contributed by atoms with Crippen LogP contribution in [0, 0.1) is 17.0 Å². The van der Waals surface area contributed by atoms with E-state index in [1.54, 1.807) is 31.4 Å². The Balaban J connectivity index is 2.10. The predicted molar refractivity (Wildman–Crippen MR) is 105 cm³/mol. The maximum absolute atomic E-state index is 12.3. The van der Waals surface area contributed by atoms with E-state index < -0.39 is 22.9 Å². The van der Waals surface area contributed by atoms with Crippen molar-refractivity contribution < 1.29 is 19.2 Å². The van der Waals surface area contributed by atoms with Crippen molar-refractivity contribution in [2.45, 2.75) is 24.8 Å². The van der Waals surface area contributed by atoms with E-state index in [0.717, 1.165) is 6.07 Å². The number of benzene rings is 2. The van der Waals surface area contributed by atoms with Gasteiger partial charge in [0.15, 0.2) is 6.10 Å². The fraction of sp³-hybridized carbons (Fsp3) is 0.222. The lowest BCUT2D eigenvalue weighted by Gasteiger charge is -2.15. The second-order valence-electron chi connectivity index (χ2n) is 5.59. The smallest absolute Gasteiger partial charge is 0.339 e. The van der Waals surface area contributed by atoms with Gasteiger partial charge in [0.25, 0.3) is 11.6 Å². The number of nitrogens with zero attached hydrogens (tertiary/aromatic N) is 1. The molecule has 27 heavy (non-hydrogen) atoms. The summed E-state index contributed by atoms with van der Waals surface area (Å²) in [5.74, 6) is -1.36. The van der Waals surface area contributed by atoms with E-state index in [1.165, 1.54) is 30.8 Å². The molecule has 1 N–H and O–H groups in total. The van der Waals surface area contributed by atoms with E-state index >= 15 is 0 Å². The van der Waals surface area contributed by atoms with Crippen LogP contribution in [0.25, 0.3) is 0 Å². The molecular weight excluding hydrogens is 392 g/mol. The first-order valence-electron chi connectivity index (χ1n) is 7.84. The van der Waals surface area contributed by atoms with Gasteiger partial charge >= 0.3 is 5.97 Å². The summed E-state index contributed by atoms with van der Waals surface area (Å²) in [6, 6.07) is 9.10.